The summed E-state index contributed by atoms with van der Waals surface area (Å²) in [5.41, 5.74) is 0.865. The molecule has 0 aliphatic rings. The lowest BCUT2D eigenvalue weighted by Crippen LogP contribution is -2.30. The predicted molar refractivity (Wildman–Crippen MR) is 94.3 cm³/mol. The maximum absolute atomic E-state index is 13.1. The van der Waals surface area contributed by atoms with Crippen LogP contribution in [0.2, 0.25) is 0 Å². The number of hydrogen-bond acceptors (Lipinski definition) is 3. The summed E-state index contributed by atoms with van der Waals surface area (Å²) >= 11 is 0. The van der Waals surface area contributed by atoms with Crippen LogP contribution in [0, 0.1) is 11.6 Å². The molecule has 0 bridgehead atoms. The molecule has 26 heavy (non-hydrogen) atoms. The van der Waals surface area contributed by atoms with Gasteiger partial charge in [-0.3, -0.25) is 4.79 Å². The quantitative estimate of drug-likeness (QED) is 0.773. The van der Waals surface area contributed by atoms with Gasteiger partial charge in [0, 0.05) is 18.2 Å². The summed E-state index contributed by atoms with van der Waals surface area (Å²) in [4.78, 5) is 12.1. The molecule has 5 nitrogen and oxygen atoms in total. The number of hydrogen-bond donors (Lipinski definition) is 2. The third-order valence-corrected chi connectivity index (χ3v) is 5.18. The minimum absolute atomic E-state index is 0.0325. The molecule has 0 saturated heterocycles. The molecule has 0 saturated carbocycles. The molecule has 0 aliphatic carbocycles. The maximum atomic E-state index is 13.1. The number of amides is 1. The minimum Gasteiger partial charge on any atom is -0.352 e. The average molecular weight is 382 g/mol. The summed E-state index contributed by atoms with van der Waals surface area (Å²) < 4.78 is 52.6. The van der Waals surface area contributed by atoms with Gasteiger partial charge < -0.3 is 5.32 Å². The zero-order valence-corrected chi connectivity index (χ0v) is 15.2. The monoisotopic (exact) mass is 382 g/mol. The molecule has 8 heteroatoms. The van der Waals surface area contributed by atoms with Crippen molar-refractivity contribution >= 4 is 15.9 Å². The van der Waals surface area contributed by atoms with Crippen molar-refractivity contribution in [2.75, 3.05) is 6.54 Å². The Bertz CT molecular complexity index is 882. The minimum atomic E-state index is -3.54. The Hall–Kier alpha value is -2.32. The van der Waals surface area contributed by atoms with Crippen molar-refractivity contribution in [1.29, 1.82) is 0 Å². The SMILES string of the molecule is CC(C)NS(=O)(=O)c1ccc(CCNC(=O)c2ccc(F)c(F)c2)cc1. The van der Waals surface area contributed by atoms with Gasteiger partial charge >= 0.3 is 0 Å². The van der Waals surface area contributed by atoms with E-state index in [-0.39, 0.29) is 23.0 Å². The van der Waals surface area contributed by atoms with Gasteiger partial charge in [-0.15, -0.1) is 0 Å². The van der Waals surface area contributed by atoms with Crippen LogP contribution in [-0.4, -0.2) is 26.9 Å². The molecule has 0 heterocycles. The van der Waals surface area contributed by atoms with Gasteiger partial charge in [0.25, 0.3) is 5.91 Å². The Morgan fingerprint density at radius 3 is 2.27 bits per heavy atom. The lowest BCUT2D eigenvalue weighted by atomic mass is 10.1. The summed E-state index contributed by atoms with van der Waals surface area (Å²) in [6.45, 7) is 3.75. The van der Waals surface area contributed by atoms with Crippen LogP contribution < -0.4 is 10.0 Å². The maximum Gasteiger partial charge on any atom is 0.251 e. The molecule has 0 unspecified atom stereocenters. The van der Waals surface area contributed by atoms with Crippen molar-refractivity contribution in [3.05, 3.63) is 65.2 Å². The van der Waals surface area contributed by atoms with E-state index in [4.69, 9.17) is 0 Å². The van der Waals surface area contributed by atoms with E-state index in [1.165, 1.54) is 18.2 Å². The van der Waals surface area contributed by atoms with Crippen molar-refractivity contribution in [1.82, 2.24) is 10.0 Å². The first kappa shape index (κ1) is 20.0. The highest BCUT2D eigenvalue weighted by molar-refractivity contribution is 7.89. The number of halogens is 2. The van der Waals surface area contributed by atoms with Crippen molar-refractivity contribution in [2.45, 2.75) is 31.2 Å². The van der Waals surface area contributed by atoms with Crippen LogP contribution in [-0.2, 0) is 16.4 Å². The number of carbonyl (C=O) groups excluding carboxylic acids is 1. The summed E-state index contributed by atoms with van der Waals surface area (Å²) in [5, 5.41) is 2.61. The molecule has 0 radical (unpaired) electrons. The van der Waals surface area contributed by atoms with E-state index in [0.717, 1.165) is 17.7 Å². The predicted octanol–water partition coefficient (Wildman–Crippen LogP) is 2.62. The Kier molecular flexibility index (Phi) is 6.44. The second kappa shape index (κ2) is 8.37. The normalized spacial score (nSPS) is 11.6. The Labute approximate surface area is 151 Å². The average Bonchev–Trinajstić information content (AvgIpc) is 2.56. The molecule has 1 amide bonds. The van der Waals surface area contributed by atoms with Crippen LogP contribution in [0.4, 0.5) is 8.78 Å². The first-order chi connectivity index (χ1) is 12.2. The van der Waals surface area contributed by atoms with E-state index in [0.29, 0.717) is 6.42 Å². The number of sulfonamides is 1. The topological polar surface area (TPSA) is 75.3 Å². The largest absolute Gasteiger partial charge is 0.352 e. The van der Waals surface area contributed by atoms with Crippen LogP contribution in [0.1, 0.15) is 29.8 Å². The lowest BCUT2D eigenvalue weighted by Gasteiger charge is -2.10. The van der Waals surface area contributed by atoms with E-state index in [9.17, 15) is 22.0 Å². The summed E-state index contributed by atoms with van der Waals surface area (Å²) in [6, 6.07) is 9.06. The van der Waals surface area contributed by atoms with Crippen molar-refractivity contribution in [2.24, 2.45) is 0 Å². The number of benzene rings is 2. The van der Waals surface area contributed by atoms with Gasteiger partial charge in [0.15, 0.2) is 11.6 Å². The Morgan fingerprint density at radius 1 is 1.04 bits per heavy atom. The molecule has 0 fully saturated rings. The van der Waals surface area contributed by atoms with Crippen LogP contribution in [0.25, 0.3) is 0 Å². The molecular weight excluding hydrogens is 362 g/mol. The van der Waals surface area contributed by atoms with E-state index in [2.05, 4.69) is 10.0 Å². The first-order valence-corrected chi connectivity index (χ1v) is 9.52. The molecule has 2 aromatic carbocycles. The van der Waals surface area contributed by atoms with Gasteiger partial charge in [-0.25, -0.2) is 21.9 Å². The van der Waals surface area contributed by atoms with Crippen molar-refractivity contribution in [3.63, 3.8) is 0 Å². The van der Waals surface area contributed by atoms with Gasteiger partial charge in [0.05, 0.1) is 4.90 Å². The second-order valence-electron chi connectivity index (χ2n) is 6.05. The fourth-order valence-electron chi connectivity index (χ4n) is 2.27. The van der Waals surface area contributed by atoms with Gasteiger partial charge in [-0.2, -0.15) is 0 Å². The first-order valence-electron chi connectivity index (χ1n) is 8.03. The highest BCUT2D eigenvalue weighted by atomic mass is 32.2. The van der Waals surface area contributed by atoms with Crippen LogP contribution in [0.3, 0.4) is 0 Å². The van der Waals surface area contributed by atoms with Gasteiger partial charge in [0.2, 0.25) is 10.0 Å². The van der Waals surface area contributed by atoms with E-state index in [1.54, 1.807) is 26.0 Å². The Balaban J connectivity index is 1.92. The number of nitrogens with one attached hydrogen (secondary N) is 2. The smallest absolute Gasteiger partial charge is 0.251 e. The summed E-state index contributed by atoms with van der Waals surface area (Å²) in [6.07, 6.45) is 0.466. The van der Waals surface area contributed by atoms with E-state index in [1.807, 2.05) is 0 Å². The molecule has 0 aliphatic heterocycles. The van der Waals surface area contributed by atoms with Crippen LogP contribution >= 0.6 is 0 Å². The van der Waals surface area contributed by atoms with E-state index < -0.39 is 27.6 Å². The fourth-order valence-corrected chi connectivity index (χ4v) is 3.52. The van der Waals surface area contributed by atoms with E-state index >= 15 is 0 Å². The molecule has 2 N–H and O–H groups in total. The molecule has 0 atom stereocenters. The van der Waals surface area contributed by atoms with Gasteiger partial charge in [-0.05, 0) is 56.2 Å². The standard InChI is InChI=1S/C18H20F2N2O3S/c1-12(2)22-26(24,25)15-6-3-13(4-7-15)9-10-21-18(23)14-5-8-16(19)17(20)11-14/h3-8,11-12,22H,9-10H2,1-2H3,(H,21,23). The van der Waals surface area contributed by atoms with Crippen LogP contribution in [0.5, 0.6) is 0 Å². The number of rotatable bonds is 7. The zero-order chi connectivity index (χ0) is 19.3. The molecule has 2 rings (SSSR count). The third-order valence-electron chi connectivity index (χ3n) is 3.51. The molecule has 0 spiro atoms. The third kappa shape index (κ3) is 5.34. The van der Waals surface area contributed by atoms with Gasteiger partial charge in [-0.1, -0.05) is 12.1 Å². The lowest BCUT2D eigenvalue weighted by molar-refractivity contribution is 0.0953. The molecule has 140 valence electrons. The molecule has 2 aromatic rings. The van der Waals surface area contributed by atoms with Crippen molar-refractivity contribution in [3.8, 4) is 0 Å². The highest BCUT2D eigenvalue weighted by Gasteiger charge is 2.15. The highest BCUT2D eigenvalue weighted by Crippen LogP contribution is 2.12. The van der Waals surface area contributed by atoms with Crippen LogP contribution in [0.15, 0.2) is 47.4 Å². The van der Waals surface area contributed by atoms with Crippen molar-refractivity contribution < 1.29 is 22.0 Å². The number of carbonyl (C=O) groups is 1. The fraction of sp³-hybridized carbons (Fsp3) is 0.278. The summed E-state index contributed by atoms with van der Waals surface area (Å²) in [5.74, 6) is -2.60. The van der Waals surface area contributed by atoms with Gasteiger partial charge in [0.1, 0.15) is 0 Å². The Morgan fingerprint density at radius 2 is 1.69 bits per heavy atom. The second-order valence-corrected chi connectivity index (χ2v) is 7.77. The zero-order valence-electron chi connectivity index (χ0n) is 14.4. The molecule has 0 aromatic heterocycles. The summed E-state index contributed by atoms with van der Waals surface area (Å²) in [7, 11) is -3.54. The molecular formula is C18H20F2N2O3S.